The maximum Gasteiger partial charge on any atom is 0.326 e. The number of phenols is 2. The minimum Gasteiger partial charge on any atom is -0.507 e. The number of anilines is 1. The summed E-state index contributed by atoms with van der Waals surface area (Å²) in [5, 5.41) is 50.7. The molecule has 66 heavy (non-hydrogen) atoms. The van der Waals surface area contributed by atoms with E-state index in [1.807, 2.05) is 26.8 Å². The van der Waals surface area contributed by atoms with E-state index in [1.54, 1.807) is 30.3 Å². The number of carbonyl (C=O) groups is 5. The van der Waals surface area contributed by atoms with Crippen molar-refractivity contribution in [1.82, 2.24) is 30.8 Å². The second-order valence-corrected chi connectivity index (χ2v) is 17.2. The molecule has 20 nitrogen and oxygen atoms in total. The number of aromatic nitrogens is 2. The summed E-state index contributed by atoms with van der Waals surface area (Å²) in [6.45, 7) is 10.1. The van der Waals surface area contributed by atoms with Crippen molar-refractivity contribution < 1.29 is 53.9 Å². The van der Waals surface area contributed by atoms with Crippen molar-refractivity contribution in [1.29, 1.82) is 0 Å². The molecule has 4 aromatic rings. The highest BCUT2D eigenvalue weighted by atomic mass is 16.5. The molecule has 0 fully saturated rings. The molecule has 0 unspecified atom stereocenters. The molecule has 354 valence electrons. The summed E-state index contributed by atoms with van der Waals surface area (Å²) in [5.74, 6) is -5.46. The Hall–Kier alpha value is -7.03. The van der Waals surface area contributed by atoms with Crippen molar-refractivity contribution in [2.24, 2.45) is 11.5 Å². The number of carbonyl (C=O) groups excluding carboxylic acids is 4. The van der Waals surface area contributed by atoms with E-state index in [9.17, 15) is 44.4 Å². The largest absolute Gasteiger partial charge is 0.507 e. The number of nitrogens with zero attached hydrogens (tertiary/aromatic N) is 3. The van der Waals surface area contributed by atoms with Crippen molar-refractivity contribution in [3.8, 4) is 45.5 Å². The van der Waals surface area contributed by atoms with Gasteiger partial charge < -0.3 is 68.0 Å². The first-order valence-electron chi connectivity index (χ1n) is 21.3. The molecule has 5 atom stereocenters. The highest BCUT2D eigenvalue weighted by Gasteiger charge is 2.36. The number of amides is 4. The summed E-state index contributed by atoms with van der Waals surface area (Å²) in [6.07, 6.45) is -0.918. The van der Waals surface area contributed by atoms with Gasteiger partial charge in [0.15, 0.2) is 17.3 Å². The summed E-state index contributed by atoms with van der Waals surface area (Å²) < 4.78 is 11.9. The van der Waals surface area contributed by atoms with Crippen LogP contribution in [0.25, 0.3) is 22.5 Å². The second-order valence-electron chi connectivity index (χ2n) is 17.2. The van der Waals surface area contributed by atoms with Gasteiger partial charge in [-0.1, -0.05) is 32.9 Å². The Balaban J connectivity index is 1.58. The van der Waals surface area contributed by atoms with E-state index in [-0.39, 0.29) is 87.4 Å². The molecular weight excluding hydrogens is 855 g/mol. The number of benzene rings is 3. The Bertz CT molecular complexity index is 2470. The van der Waals surface area contributed by atoms with E-state index in [2.05, 4.69) is 25.9 Å². The fourth-order valence-electron chi connectivity index (χ4n) is 7.25. The molecule has 3 aromatic carbocycles. The highest BCUT2D eigenvalue weighted by molar-refractivity contribution is 6.02. The first kappa shape index (κ1) is 50.0. The van der Waals surface area contributed by atoms with E-state index in [1.165, 1.54) is 40.0 Å². The number of nitrogens with one attached hydrogen (secondary N) is 3. The van der Waals surface area contributed by atoms with Gasteiger partial charge in [-0.05, 0) is 92.2 Å². The number of aliphatic hydroxyl groups excluding tert-OH is 1. The fraction of sp³-hybridized carbons (Fsp3) is 0.413. The van der Waals surface area contributed by atoms with E-state index >= 15 is 0 Å². The van der Waals surface area contributed by atoms with E-state index in [0.717, 1.165) is 10.5 Å². The van der Waals surface area contributed by atoms with Crippen LogP contribution in [0.15, 0.2) is 48.5 Å². The van der Waals surface area contributed by atoms with Crippen LogP contribution in [0.1, 0.15) is 79.8 Å². The summed E-state index contributed by atoms with van der Waals surface area (Å²) in [5.41, 5.74) is 19.3. The Kier molecular flexibility index (Phi) is 15.8. The average Bonchev–Trinajstić information content (AvgIpc) is 3.25. The number of aryl methyl sites for hydroxylation is 1. The molecule has 20 heteroatoms. The maximum atomic E-state index is 14.5. The number of aliphatic carboxylic acids is 1. The summed E-state index contributed by atoms with van der Waals surface area (Å²) in [6, 6.07) is 6.76. The van der Waals surface area contributed by atoms with Crippen LogP contribution < -0.4 is 42.6 Å². The minimum absolute atomic E-state index is 0.0308. The predicted octanol–water partition coefficient (Wildman–Crippen LogP) is 1.78. The van der Waals surface area contributed by atoms with Crippen LogP contribution in [0, 0.1) is 6.92 Å². The number of fused-ring (bicyclic) bond motifs is 5. The van der Waals surface area contributed by atoms with E-state index in [4.69, 9.17) is 26.7 Å². The zero-order valence-electron chi connectivity index (χ0n) is 38.0. The molecule has 4 bridgehead atoms. The third-order valence-corrected chi connectivity index (χ3v) is 11.0. The zero-order valence-corrected chi connectivity index (χ0v) is 38.0. The first-order valence-corrected chi connectivity index (χ1v) is 21.3. The molecule has 0 spiro atoms. The average molecular weight is 914 g/mol. The Morgan fingerprint density at radius 1 is 0.955 bits per heavy atom. The number of rotatable bonds is 14. The topological polar surface area (TPSA) is 328 Å². The van der Waals surface area contributed by atoms with E-state index in [0.29, 0.717) is 18.5 Å². The molecule has 1 aromatic heterocycles. The number of aliphatic hydroxyl groups is 1. The lowest BCUT2D eigenvalue weighted by Crippen LogP contribution is -2.54. The lowest BCUT2D eigenvalue weighted by atomic mass is 9.86. The standard InChI is InChI=1S/C46H59N9O11/c1-22-36(39(49)54-40(50-22)29-11-10-27(19-33(29)57)46(4,5)6)42(60)52-24(3)44(62)55(7)37-26-17-31(38(58)35(18-26)66-21-28(56)20-48)30-15-25(9-12-34(30)65-14-8-13-47)16-32(45(63)64)53-41(59)23(2)51-43(37)61/h9-12,15,17-19,23-24,28,32,37,56-58H,8,13-14,16,20-21,47-48H2,1-7H3,(H,51,61)(H,52,60)(H,53,59)(H,63,64)(H2,49,50,54)/t23-,24-,28+,32-,37-/m0/s1. The Morgan fingerprint density at radius 2 is 1.67 bits per heavy atom. The number of aromatic hydroxyl groups is 2. The third kappa shape index (κ3) is 11.4. The quantitative estimate of drug-likeness (QED) is 0.0806. The molecule has 13 N–H and O–H groups in total. The van der Waals surface area contributed by atoms with Crippen molar-refractivity contribution in [3.63, 3.8) is 0 Å². The second kappa shape index (κ2) is 20.9. The molecule has 2 heterocycles. The van der Waals surface area contributed by atoms with Gasteiger partial charge in [-0.2, -0.15) is 0 Å². The number of ether oxygens (including phenoxy) is 2. The van der Waals surface area contributed by atoms with Crippen LogP contribution >= 0.6 is 0 Å². The number of carboxylic acid groups (broad SMARTS) is 1. The van der Waals surface area contributed by atoms with E-state index < -0.39 is 72.2 Å². The Morgan fingerprint density at radius 3 is 2.29 bits per heavy atom. The number of phenolic OH excluding ortho intramolecular Hbond substituents is 2. The molecule has 0 aliphatic carbocycles. The molecule has 5 rings (SSSR count). The van der Waals surface area contributed by atoms with Crippen LogP contribution in [0.5, 0.6) is 23.0 Å². The van der Waals surface area contributed by atoms with Gasteiger partial charge in [0, 0.05) is 31.1 Å². The van der Waals surface area contributed by atoms with Gasteiger partial charge in [0.2, 0.25) is 17.7 Å². The first-order chi connectivity index (χ1) is 31.1. The monoisotopic (exact) mass is 913 g/mol. The van der Waals surface area contributed by atoms with Gasteiger partial charge in [0.25, 0.3) is 5.91 Å². The van der Waals surface area contributed by atoms with Gasteiger partial charge in [0.05, 0.1) is 17.9 Å². The molecule has 1 aliphatic heterocycles. The van der Waals surface area contributed by atoms with Crippen molar-refractivity contribution in [2.75, 3.05) is 39.1 Å². The van der Waals surface area contributed by atoms with Gasteiger partial charge in [-0.25, -0.2) is 14.8 Å². The SMILES string of the molecule is Cc1nc(-c2ccc(C(C)(C)C)cc2O)nc(N)c1C(=O)N[C@@H](C)C(=O)N(C)[C@@H]1C(=O)N[C@@H](C)C(=O)N[C@H](C(=O)O)Cc2ccc(OCCCN)c(c2)-c2cc1cc(OC[C@H](O)CN)c2O. The molecule has 4 amide bonds. The van der Waals surface area contributed by atoms with Crippen molar-refractivity contribution >= 4 is 35.4 Å². The van der Waals surface area contributed by atoms with Crippen LogP contribution in [0.3, 0.4) is 0 Å². The number of hydrogen-bond acceptors (Lipinski definition) is 15. The van der Waals surface area contributed by atoms with Crippen LogP contribution in [-0.4, -0.2) is 122 Å². The number of likely N-dealkylation sites (N-methyl/N-ethyl adjacent to an activating group) is 1. The van der Waals surface area contributed by atoms with Crippen molar-refractivity contribution in [2.45, 2.75) is 90.1 Å². The molecule has 1 aliphatic rings. The molecular formula is C46H59N9O11. The summed E-state index contributed by atoms with van der Waals surface area (Å²) >= 11 is 0. The number of nitrogens with two attached hydrogens (primary N) is 3. The number of nitrogen functional groups attached to an aromatic ring is 1. The lowest BCUT2D eigenvalue weighted by molar-refractivity contribution is -0.143. The van der Waals surface area contributed by atoms with Crippen LogP contribution in [0.2, 0.25) is 0 Å². The van der Waals surface area contributed by atoms with Gasteiger partial charge in [0.1, 0.15) is 59.8 Å². The normalized spacial score (nSPS) is 17.3. The highest BCUT2D eigenvalue weighted by Crippen LogP contribution is 2.45. The van der Waals surface area contributed by atoms with Gasteiger partial charge >= 0.3 is 5.97 Å². The maximum absolute atomic E-state index is 14.5. The fourth-order valence-corrected chi connectivity index (χ4v) is 7.25. The zero-order chi connectivity index (χ0) is 48.8. The van der Waals surface area contributed by atoms with Gasteiger partial charge in [-0.15, -0.1) is 0 Å². The Labute approximate surface area is 381 Å². The smallest absolute Gasteiger partial charge is 0.326 e. The van der Waals surface area contributed by atoms with Crippen LogP contribution in [-0.2, 0) is 31.0 Å². The summed E-state index contributed by atoms with van der Waals surface area (Å²) in [7, 11) is 1.28. The predicted molar refractivity (Wildman–Crippen MR) is 244 cm³/mol. The van der Waals surface area contributed by atoms with Crippen LogP contribution in [0.4, 0.5) is 5.82 Å². The minimum atomic E-state index is -1.62. The number of hydrogen-bond donors (Lipinski definition) is 10. The molecule has 0 saturated carbocycles. The third-order valence-electron chi connectivity index (χ3n) is 11.0. The van der Waals surface area contributed by atoms with Crippen molar-refractivity contribution in [3.05, 3.63) is 76.5 Å². The summed E-state index contributed by atoms with van der Waals surface area (Å²) in [4.78, 5) is 78.4. The molecule has 0 saturated heterocycles. The molecule has 0 radical (unpaired) electrons. The van der Waals surface area contributed by atoms with Gasteiger partial charge in [-0.3, -0.25) is 19.2 Å². The number of carboxylic acids is 1. The lowest BCUT2D eigenvalue weighted by Gasteiger charge is -2.32.